The van der Waals surface area contributed by atoms with Crippen LogP contribution in [0, 0.1) is 0 Å². The van der Waals surface area contributed by atoms with Gasteiger partial charge in [0.1, 0.15) is 9.06 Å². The molecule has 1 unspecified atom stereocenters. The van der Waals surface area contributed by atoms with Crippen molar-refractivity contribution in [2.24, 2.45) is 0 Å². The van der Waals surface area contributed by atoms with Gasteiger partial charge in [-0.1, -0.05) is 31.9 Å². The molecule has 0 aliphatic carbocycles. The van der Waals surface area contributed by atoms with Gasteiger partial charge in [0.2, 0.25) is 0 Å². The van der Waals surface area contributed by atoms with Gasteiger partial charge < -0.3 is 5.11 Å². The molecular weight excluding hydrogens is 356 g/mol. The Bertz CT molecular complexity index is 539. The third kappa shape index (κ3) is 2.18. The van der Waals surface area contributed by atoms with Gasteiger partial charge >= 0.3 is 5.97 Å². The minimum absolute atomic E-state index is 0.0241. The summed E-state index contributed by atoms with van der Waals surface area (Å²) in [7, 11) is 0. The van der Waals surface area contributed by atoms with E-state index in [4.69, 9.17) is 5.11 Å². The molecule has 1 atom stereocenters. The van der Waals surface area contributed by atoms with Crippen LogP contribution in [0.15, 0.2) is 10.9 Å². The number of carbonyl (C=O) groups is 1. The van der Waals surface area contributed by atoms with Crippen LogP contribution in [0.2, 0.25) is 0 Å². The van der Waals surface area contributed by atoms with Crippen LogP contribution < -0.4 is 5.56 Å². The van der Waals surface area contributed by atoms with Crippen LogP contribution in [-0.2, 0) is 3.23 Å². The lowest BCUT2D eigenvalue weighted by atomic mass is 10.1. The van der Waals surface area contributed by atoms with E-state index >= 15 is 0 Å². The minimum Gasteiger partial charge on any atom is -0.477 e. The Labute approximate surface area is 114 Å². The normalized spacial score (nSPS) is 21.9. The second-order valence-corrected chi connectivity index (χ2v) is 7.84. The van der Waals surface area contributed by atoms with Gasteiger partial charge in [0, 0.05) is 12.1 Å². The molecule has 92 valence electrons. The molecule has 1 aromatic rings. The highest BCUT2D eigenvalue weighted by Crippen LogP contribution is 2.46. The first-order valence-electron chi connectivity index (χ1n) is 5.08. The summed E-state index contributed by atoms with van der Waals surface area (Å²) in [6.45, 7) is 1.92. The fraction of sp³-hybridized carbons (Fsp3) is 0.500. The van der Waals surface area contributed by atoms with Gasteiger partial charge in [-0.2, -0.15) is 0 Å². The van der Waals surface area contributed by atoms with E-state index < -0.39 is 9.20 Å². The van der Waals surface area contributed by atoms with Crippen LogP contribution in [0.3, 0.4) is 0 Å². The molecule has 0 saturated carbocycles. The number of alkyl halides is 2. The van der Waals surface area contributed by atoms with Gasteiger partial charge in [-0.25, -0.2) is 9.78 Å². The number of carboxylic acids is 1. The van der Waals surface area contributed by atoms with Crippen molar-refractivity contribution in [3.8, 4) is 0 Å². The van der Waals surface area contributed by atoms with E-state index in [1.165, 1.54) is 4.57 Å². The second-order valence-electron chi connectivity index (χ2n) is 4.07. The molecule has 5 nitrogen and oxygen atoms in total. The summed E-state index contributed by atoms with van der Waals surface area (Å²) in [5.41, 5.74) is -0.554. The summed E-state index contributed by atoms with van der Waals surface area (Å²) in [6.07, 6.45) is 1.56. The van der Waals surface area contributed by atoms with Gasteiger partial charge in [-0.3, -0.25) is 9.36 Å². The Morgan fingerprint density at radius 1 is 1.65 bits per heavy atom. The maximum Gasteiger partial charge on any atom is 0.354 e. The number of fused-ring (bicyclic) bond motifs is 1. The monoisotopic (exact) mass is 364 g/mol. The maximum absolute atomic E-state index is 11.9. The van der Waals surface area contributed by atoms with Crippen LogP contribution >= 0.6 is 31.9 Å². The van der Waals surface area contributed by atoms with Gasteiger partial charge in [0.15, 0.2) is 5.69 Å². The first kappa shape index (κ1) is 12.8. The maximum atomic E-state index is 11.9. The van der Waals surface area contributed by atoms with Crippen LogP contribution in [0.5, 0.6) is 0 Å². The zero-order chi connectivity index (χ0) is 12.8. The number of aromatic carboxylic acids is 1. The molecule has 0 aromatic carbocycles. The highest BCUT2D eigenvalue weighted by atomic mass is 79.9. The average molecular weight is 366 g/mol. The summed E-state index contributed by atoms with van der Waals surface area (Å²) >= 11 is 6.88. The molecule has 2 rings (SSSR count). The van der Waals surface area contributed by atoms with Crippen molar-refractivity contribution in [1.82, 2.24) is 9.55 Å². The van der Waals surface area contributed by atoms with Gasteiger partial charge in [-0.05, 0) is 19.8 Å². The lowest BCUT2D eigenvalue weighted by Gasteiger charge is -2.32. The molecule has 0 radical (unpaired) electrons. The van der Waals surface area contributed by atoms with Crippen molar-refractivity contribution in [3.05, 3.63) is 27.9 Å². The topological polar surface area (TPSA) is 72.2 Å². The highest BCUT2D eigenvalue weighted by Gasteiger charge is 2.37. The van der Waals surface area contributed by atoms with Crippen LogP contribution in [0.1, 0.15) is 42.1 Å². The third-order valence-electron chi connectivity index (χ3n) is 2.82. The van der Waals surface area contributed by atoms with E-state index in [1.54, 1.807) is 0 Å². The number of hydrogen-bond acceptors (Lipinski definition) is 3. The molecule has 2 heterocycles. The third-order valence-corrected chi connectivity index (χ3v) is 4.32. The molecule has 0 bridgehead atoms. The minimum atomic E-state index is -1.19. The second kappa shape index (κ2) is 4.20. The van der Waals surface area contributed by atoms with E-state index in [-0.39, 0.29) is 17.3 Å². The summed E-state index contributed by atoms with van der Waals surface area (Å²) in [5.74, 6) is -0.777. The fourth-order valence-corrected chi connectivity index (χ4v) is 2.93. The van der Waals surface area contributed by atoms with Crippen molar-refractivity contribution >= 4 is 37.8 Å². The predicted molar refractivity (Wildman–Crippen MR) is 68.9 cm³/mol. The van der Waals surface area contributed by atoms with Crippen LogP contribution in [0.4, 0.5) is 0 Å². The Balaban J connectivity index is 2.73. The van der Waals surface area contributed by atoms with Crippen molar-refractivity contribution < 1.29 is 9.90 Å². The van der Waals surface area contributed by atoms with Crippen LogP contribution in [-0.4, -0.2) is 20.6 Å². The molecule has 1 aliphatic rings. The quantitative estimate of drug-likeness (QED) is 0.774. The van der Waals surface area contributed by atoms with E-state index in [1.807, 2.05) is 6.92 Å². The Kier molecular flexibility index (Phi) is 3.15. The first-order chi connectivity index (χ1) is 7.83. The molecule has 1 N–H and O–H groups in total. The molecular formula is C10H10Br2N2O3. The Morgan fingerprint density at radius 2 is 2.29 bits per heavy atom. The number of hydrogen-bond donors (Lipinski definition) is 1. The Morgan fingerprint density at radius 3 is 2.88 bits per heavy atom. The molecule has 0 saturated heterocycles. The fourth-order valence-electron chi connectivity index (χ4n) is 1.92. The zero-order valence-electron chi connectivity index (χ0n) is 8.98. The van der Waals surface area contributed by atoms with E-state index in [0.717, 1.165) is 18.9 Å². The van der Waals surface area contributed by atoms with Crippen LogP contribution in [0.25, 0.3) is 0 Å². The van der Waals surface area contributed by atoms with Gasteiger partial charge in [0.25, 0.3) is 5.56 Å². The molecule has 0 fully saturated rings. The molecule has 1 aromatic heterocycles. The van der Waals surface area contributed by atoms with Crippen molar-refractivity contribution in [2.45, 2.75) is 29.0 Å². The molecule has 17 heavy (non-hydrogen) atoms. The number of carboxylic acid groups (broad SMARTS) is 1. The van der Waals surface area contributed by atoms with Gasteiger partial charge in [-0.15, -0.1) is 0 Å². The largest absolute Gasteiger partial charge is 0.477 e. The smallest absolute Gasteiger partial charge is 0.354 e. The highest BCUT2D eigenvalue weighted by molar-refractivity contribution is 9.24. The number of aromatic nitrogens is 2. The van der Waals surface area contributed by atoms with Gasteiger partial charge in [0.05, 0.1) is 0 Å². The molecule has 0 amide bonds. The predicted octanol–water partition coefficient (Wildman–Crippen LogP) is 2.24. The summed E-state index contributed by atoms with van der Waals surface area (Å²) in [5, 5.41) is 8.91. The lowest BCUT2D eigenvalue weighted by Crippen LogP contribution is -2.37. The van der Waals surface area contributed by atoms with E-state index in [2.05, 4.69) is 36.8 Å². The number of halogens is 2. The standard InChI is InChI=1S/C10H10Br2N2O3/c1-5-2-3-10(11,12)9-13-6(8(16)17)4-7(15)14(5)9/h4-5H,2-3H2,1H3,(H,16,17). The van der Waals surface area contributed by atoms with Crippen molar-refractivity contribution in [2.75, 3.05) is 0 Å². The first-order valence-corrected chi connectivity index (χ1v) is 6.66. The summed E-state index contributed by atoms with van der Waals surface area (Å²) in [6, 6.07) is 1.08. The summed E-state index contributed by atoms with van der Waals surface area (Å²) < 4.78 is 0.899. The van der Waals surface area contributed by atoms with E-state index in [9.17, 15) is 9.59 Å². The Hall–Kier alpha value is -0.690. The number of rotatable bonds is 1. The zero-order valence-corrected chi connectivity index (χ0v) is 12.2. The summed E-state index contributed by atoms with van der Waals surface area (Å²) in [4.78, 5) is 26.8. The average Bonchev–Trinajstić information content (AvgIpc) is 2.23. The van der Waals surface area contributed by atoms with E-state index in [0.29, 0.717) is 5.82 Å². The molecule has 1 aliphatic heterocycles. The lowest BCUT2D eigenvalue weighted by molar-refractivity contribution is 0.0689. The molecule has 0 spiro atoms. The SMILES string of the molecule is CC1CCC(Br)(Br)c2nc(C(=O)O)cc(=O)n21. The van der Waals surface area contributed by atoms with Crippen molar-refractivity contribution in [1.29, 1.82) is 0 Å². The number of nitrogens with zero attached hydrogens (tertiary/aromatic N) is 2. The van der Waals surface area contributed by atoms with Crippen molar-refractivity contribution in [3.63, 3.8) is 0 Å². The molecule has 7 heteroatoms.